The zero-order valence-corrected chi connectivity index (χ0v) is 15.6. The average molecular weight is 365 g/mol. The molecule has 0 saturated heterocycles. The SMILES string of the molecule is Cc1ccc(C(=O)[C@@H](C(=S)NCc2ccco2)[n+]2ccccc2)cc1C. The van der Waals surface area contributed by atoms with E-state index in [1.165, 1.54) is 0 Å². The van der Waals surface area contributed by atoms with Crippen LogP contribution in [0.5, 0.6) is 0 Å². The van der Waals surface area contributed by atoms with E-state index >= 15 is 0 Å². The first kappa shape index (κ1) is 18.0. The van der Waals surface area contributed by atoms with E-state index in [-0.39, 0.29) is 5.78 Å². The third-order valence-corrected chi connectivity index (χ3v) is 4.71. The van der Waals surface area contributed by atoms with Gasteiger partial charge in [0.2, 0.25) is 5.78 Å². The molecule has 1 aromatic carbocycles. The Kier molecular flexibility index (Phi) is 5.58. The first-order chi connectivity index (χ1) is 12.6. The highest BCUT2D eigenvalue weighted by molar-refractivity contribution is 7.80. The molecule has 3 aromatic rings. The number of thiocarbonyl (C=S) groups is 1. The number of Topliss-reactive ketones (excluding diaryl/α,β-unsaturated/α-hetero) is 1. The molecule has 0 aliphatic heterocycles. The van der Waals surface area contributed by atoms with E-state index in [2.05, 4.69) is 5.32 Å². The maximum Gasteiger partial charge on any atom is 0.270 e. The highest BCUT2D eigenvalue weighted by Gasteiger charge is 2.33. The van der Waals surface area contributed by atoms with E-state index in [9.17, 15) is 4.79 Å². The van der Waals surface area contributed by atoms with E-state index in [0.29, 0.717) is 17.1 Å². The maximum absolute atomic E-state index is 13.2. The Morgan fingerprint density at radius 2 is 1.88 bits per heavy atom. The molecule has 0 radical (unpaired) electrons. The lowest BCUT2D eigenvalue weighted by molar-refractivity contribution is -0.692. The average Bonchev–Trinajstić information content (AvgIpc) is 3.17. The van der Waals surface area contributed by atoms with E-state index < -0.39 is 6.04 Å². The van der Waals surface area contributed by atoms with Crippen molar-refractivity contribution in [3.63, 3.8) is 0 Å². The van der Waals surface area contributed by atoms with Gasteiger partial charge in [0.05, 0.1) is 12.8 Å². The molecule has 0 aliphatic carbocycles. The Morgan fingerprint density at radius 3 is 2.54 bits per heavy atom. The summed E-state index contributed by atoms with van der Waals surface area (Å²) in [5.41, 5.74) is 2.89. The first-order valence-corrected chi connectivity index (χ1v) is 8.84. The van der Waals surface area contributed by atoms with Crippen molar-refractivity contribution in [2.45, 2.75) is 26.4 Å². The van der Waals surface area contributed by atoms with Gasteiger partial charge in [-0.1, -0.05) is 30.4 Å². The summed E-state index contributed by atoms with van der Waals surface area (Å²) in [6.07, 6.45) is 5.32. The molecule has 26 heavy (non-hydrogen) atoms. The van der Waals surface area contributed by atoms with Gasteiger partial charge >= 0.3 is 0 Å². The fourth-order valence-corrected chi connectivity index (χ4v) is 3.01. The van der Waals surface area contributed by atoms with Gasteiger partial charge in [0.15, 0.2) is 17.4 Å². The Labute approximate surface area is 158 Å². The van der Waals surface area contributed by atoms with Crippen molar-refractivity contribution in [1.82, 2.24) is 5.32 Å². The fourth-order valence-electron chi connectivity index (χ4n) is 2.71. The molecular weight excluding hydrogens is 344 g/mol. The lowest BCUT2D eigenvalue weighted by Crippen LogP contribution is -2.51. The molecule has 0 unspecified atom stereocenters. The molecule has 0 fully saturated rings. The number of ketones is 1. The molecule has 0 spiro atoms. The summed E-state index contributed by atoms with van der Waals surface area (Å²) in [5.74, 6) is 0.726. The molecule has 4 nitrogen and oxygen atoms in total. The van der Waals surface area contributed by atoms with Crippen molar-refractivity contribution >= 4 is 23.0 Å². The molecule has 5 heteroatoms. The number of carbonyl (C=O) groups is 1. The van der Waals surface area contributed by atoms with Crippen molar-refractivity contribution in [2.24, 2.45) is 0 Å². The van der Waals surface area contributed by atoms with Crippen LogP contribution in [0.4, 0.5) is 0 Å². The van der Waals surface area contributed by atoms with Crippen LogP contribution < -0.4 is 9.88 Å². The number of nitrogens with zero attached hydrogens (tertiary/aromatic N) is 1. The summed E-state index contributed by atoms with van der Waals surface area (Å²) in [4.78, 5) is 13.7. The largest absolute Gasteiger partial charge is 0.467 e. The number of hydrogen-bond acceptors (Lipinski definition) is 3. The summed E-state index contributed by atoms with van der Waals surface area (Å²) in [7, 11) is 0. The molecular formula is C21H21N2O2S+. The Balaban J connectivity index is 1.88. The smallest absolute Gasteiger partial charge is 0.270 e. The van der Waals surface area contributed by atoms with Gasteiger partial charge in [0.1, 0.15) is 5.76 Å². The number of furan rings is 1. The highest BCUT2D eigenvalue weighted by Crippen LogP contribution is 2.15. The number of aromatic nitrogens is 1. The normalized spacial score (nSPS) is 11.8. The number of rotatable bonds is 6. The predicted octanol–water partition coefficient (Wildman–Crippen LogP) is 3.73. The minimum Gasteiger partial charge on any atom is -0.467 e. The van der Waals surface area contributed by atoms with Crippen LogP contribution in [0.15, 0.2) is 71.6 Å². The number of pyridine rings is 1. The van der Waals surface area contributed by atoms with Crippen molar-refractivity contribution in [3.05, 3.63) is 89.6 Å². The quantitative estimate of drug-likeness (QED) is 0.411. The van der Waals surface area contributed by atoms with Crippen LogP contribution in [0.3, 0.4) is 0 Å². The molecule has 2 aromatic heterocycles. The van der Waals surface area contributed by atoms with E-state index in [0.717, 1.165) is 16.9 Å². The summed E-state index contributed by atoms with van der Waals surface area (Å²) < 4.78 is 7.16. The molecule has 3 rings (SSSR count). The standard InChI is InChI=1S/C21H20N2O2S/c1-15-8-9-17(13-16(15)2)20(24)19(23-10-4-3-5-11-23)21(26)22-14-18-7-6-12-25-18/h3-13,19H,14H2,1-2H3/p+1/t19-/m0/s1. The molecule has 0 amide bonds. The van der Waals surface area contributed by atoms with Crippen molar-refractivity contribution in [1.29, 1.82) is 0 Å². The predicted molar refractivity (Wildman–Crippen MR) is 104 cm³/mol. The molecule has 1 atom stereocenters. The lowest BCUT2D eigenvalue weighted by Gasteiger charge is -2.15. The topological polar surface area (TPSA) is 46.1 Å². The summed E-state index contributed by atoms with van der Waals surface area (Å²) in [6, 6.07) is 14.5. The minimum atomic E-state index is -0.608. The summed E-state index contributed by atoms with van der Waals surface area (Å²) in [5, 5.41) is 3.16. The van der Waals surface area contributed by atoms with E-state index in [1.807, 2.05) is 79.3 Å². The maximum atomic E-state index is 13.2. The van der Waals surface area contributed by atoms with Crippen molar-refractivity contribution in [3.8, 4) is 0 Å². The molecule has 0 saturated carbocycles. The lowest BCUT2D eigenvalue weighted by atomic mass is 9.99. The molecule has 1 N–H and O–H groups in total. The monoisotopic (exact) mass is 365 g/mol. The van der Waals surface area contributed by atoms with Gasteiger partial charge in [0, 0.05) is 17.7 Å². The Bertz CT molecular complexity index is 905. The molecule has 2 heterocycles. The van der Waals surface area contributed by atoms with Crippen LogP contribution in [0.25, 0.3) is 0 Å². The van der Waals surface area contributed by atoms with Gasteiger partial charge in [0.25, 0.3) is 6.04 Å². The van der Waals surface area contributed by atoms with Crippen molar-refractivity contribution < 1.29 is 13.8 Å². The highest BCUT2D eigenvalue weighted by atomic mass is 32.1. The van der Waals surface area contributed by atoms with Gasteiger partial charge in [-0.05, 0) is 43.2 Å². The zero-order valence-electron chi connectivity index (χ0n) is 14.8. The van der Waals surface area contributed by atoms with E-state index in [4.69, 9.17) is 16.6 Å². The molecule has 132 valence electrons. The van der Waals surface area contributed by atoms with Crippen LogP contribution >= 0.6 is 12.2 Å². The first-order valence-electron chi connectivity index (χ1n) is 8.43. The molecule has 0 bridgehead atoms. The van der Waals surface area contributed by atoms with E-state index in [1.54, 1.807) is 6.26 Å². The Morgan fingerprint density at radius 1 is 1.12 bits per heavy atom. The second-order valence-corrected chi connectivity index (χ2v) is 6.63. The number of carbonyl (C=O) groups excluding carboxylic acids is 1. The van der Waals surface area contributed by atoms with Gasteiger partial charge in [-0.15, -0.1) is 0 Å². The van der Waals surface area contributed by atoms with Gasteiger partial charge in [-0.3, -0.25) is 4.79 Å². The van der Waals surface area contributed by atoms with Crippen LogP contribution in [-0.2, 0) is 6.54 Å². The van der Waals surface area contributed by atoms with Gasteiger partial charge in [-0.25, -0.2) is 0 Å². The van der Waals surface area contributed by atoms with Crippen LogP contribution in [0.2, 0.25) is 0 Å². The van der Waals surface area contributed by atoms with Crippen LogP contribution in [0.1, 0.15) is 33.3 Å². The molecule has 0 aliphatic rings. The van der Waals surface area contributed by atoms with Crippen LogP contribution in [0, 0.1) is 13.8 Å². The zero-order chi connectivity index (χ0) is 18.5. The van der Waals surface area contributed by atoms with Crippen LogP contribution in [-0.4, -0.2) is 10.8 Å². The summed E-state index contributed by atoms with van der Waals surface area (Å²) in [6.45, 7) is 4.47. The second-order valence-electron chi connectivity index (χ2n) is 6.19. The Hall–Kier alpha value is -2.79. The fraction of sp³-hybridized carbons (Fsp3) is 0.190. The van der Waals surface area contributed by atoms with Gasteiger partial charge < -0.3 is 9.73 Å². The number of hydrogen-bond donors (Lipinski definition) is 1. The third-order valence-electron chi connectivity index (χ3n) is 4.34. The third kappa shape index (κ3) is 4.06. The minimum absolute atomic E-state index is 0.0405. The number of aryl methyl sites for hydroxylation is 2. The summed E-state index contributed by atoms with van der Waals surface area (Å²) >= 11 is 5.57. The van der Waals surface area contributed by atoms with Gasteiger partial charge in [-0.2, -0.15) is 4.57 Å². The number of nitrogens with one attached hydrogen (secondary N) is 1. The second kappa shape index (κ2) is 8.06. The van der Waals surface area contributed by atoms with Crippen molar-refractivity contribution in [2.75, 3.05) is 0 Å². The number of benzene rings is 1.